The highest BCUT2D eigenvalue weighted by Crippen LogP contribution is 2.21. The maximum atomic E-state index is 6.06. The van der Waals surface area contributed by atoms with Crippen LogP contribution in [0.4, 0.5) is 5.95 Å². The number of aromatic nitrogens is 6. The van der Waals surface area contributed by atoms with Crippen LogP contribution in [-0.2, 0) is 0 Å². The fraction of sp³-hybridized carbons (Fsp3) is 0.333. The summed E-state index contributed by atoms with van der Waals surface area (Å²) in [5.74, 6) is 1.19. The molecule has 3 aromatic heterocycles. The van der Waals surface area contributed by atoms with Gasteiger partial charge in [0, 0.05) is 6.54 Å². The third-order valence-corrected chi connectivity index (χ3v) is 3.25. The highest BCUT2D eigenvalue weighted by atomic mass is 35.5. The summed E-state index contributed by atoms with van der Waals surface area (Å²) in [5.41, 5.74) is 1.42. The first kappa shape index (κ1) is 12.9. The van der Waals surface area contributed by atoms with Crippen molar-refractivity contribution in [2.45, 2.75) is 20.3 Å². The summed E-state index contributed by atoms with van der Waals surface area (Å²) in [5, 5.41) is 15.8. The van der Waals surface area contributed by atoms with Crippen molar-refractivity contribution < 1.29 is 0 Å². The Labute approximate surface area is 120 Å². The highest BCUT2D eigenvalue weighted by Gasteiger charge is 2.13. The summed E-state index contributed by atoms with van der Waals surface area (Å²) in [6, 6.07) is 0. The largest absolute Gasteiger partial charge is 0.354 e. The van der Waals surface area contributed by atoms with Gasteiger partial charge in [-0.05, 0) is 13.3 Å². The molecule has 0 amide bonds. The molecule has 0 bridgehead atoms. The Morgan fingerprint density at radius 2 is 2.25 bits per heavy atom. The Morgan fingerprint density at radius 1 is 1.40 bits per heavy atom. The SMILES string of the molecule is CCCNc1nc(-n2cc(Cl)c(C)n2)c2cn[nH]c2n1. The van der Waals surface area contributed by atoms with E-state index in [1.54, 1.807) is 17.1 Å². The van der Waals surface area contributed by atoms with Gasteiger partial charge in [-0.1, -0.05) is 18.5 Å². The van der Waals surface area contributed by atoms with Gasteiger partial charge < -0.3 is 5.32 Å². The van der Waals surface area contributed by atoms with E-state index in [2.05, 4.69) is 37.5 Å². The summed E-state index contributed by atoms with van der Waals surface area (Å²) in [7, 11) is 0. The number of nitrogens with zero attached hydrogens (tertiary/aromatic N) is 5. The monoisotopic (exact) mass is 291 g/mol. The van der Waals surface area contributed by atoms with Crippen LogP contribution in [0.2, 0.25) is 5.02 Å². The number of anilines is 1. The number of H-pyrrole nitrogens is 1. The second-order valence-electron chi connectivity index (χ2n) is 4.44. The molecule has 104 valence electrons. The number of fused-ring (bicyclic) bond motifs is 1. The van der Waals surface area contributed by atoms with Gasteiger partial charge in [-0.15, -0.1) is 0 Å². The van der Waals surface area contributed by atoms with Gasteiger partial charge in [0.1, 0.15) is 0 Å². The summed E-state index contributed by atoms with van der Waals surface area (Å²) in [4.78, 5) is 8.87. The Hall–Kier alpha value is -2.15. The molecule has 0 fully saturated rings. The van der Waals surface area contributed by atoms with Gasteiger partial charge in [0.25, 0.3) is 0 Å². The molecule has 0 aliphatic rings. The van der Waals surface area contributed by atoms with Crippen LogP contribution >= 0.6 is 11.6 Å². The predicted octanol–water partition coefficient (Wildman–Crippen LogP) is 2.32. The van der Waals surface area contributed by atoms with E-state index < -0.39 is 0 Å². The molecule has 3 rings (SSSR count). The minimum Gasteiger partial charge on any atom is -0.354 e. The van der Waals surface area contributed by atoms with E-state index in [0.29, 0.717) is 22.4 Å². The lowest BCUT2D eigenvalue weighted by Crippen LogP contribution is -2.08. The first-order chi connectivity index (χ1) is 9.69. The van der Waals surface area contributed by atoms with Crippen molar-refractivity contribution in [2.24, 2.45) is 0 Å². The van der Waals surface area contributed by atoms with E-state index in [-0.39, 0.29) is 0 Å². The molecule has 0 saturated heterocycles. The van der Waals surface area contributed by atoms with Crippen molar-refractivity contribution in [2.75, 3.05) is 11.9 Å². The van der Waals surface area contributed by atoms with E-state index in [1.165, 1.54) is 0 Å². The molecule has 7 nitrogen and oxygen atoms in total. The van der Waals surface area contributed by atoms with Crippen LogP contribution in [0.3, 0.4) is 0 Å². The lowest BCUT2D eigenvalue weighted by atomic mass is 10.4. The smallest absolute Gasteiger partial charge is 0.226 e. The highest BCUT2D eigenvalue weighted by molar-refractivity contribution is 6.31. The number of nitrogens with one attached hydrogen (secondary N) is 2. The topological polar surface area (TPSA) is 84.3 Å². The maximum Gasteiger partial charge on any atom is 0.226 e. The van der Waals surface area contributed by atoms with Crippen molar-refractivity contribution in [3.63, 3.8) is 0 Å². The molecular weight excluding hydrogens is 278 g/mol. The zero-order chi connectivity index (χ0) is 14.1. The van der Waals surface area contributed by atoms with Gasteiger partial charge in [0.15, 0.2) is 11.5 Å². The molecule has 0 saturated carbocycles. The fourth-order valence-electron chi connectivity index (χ4n) is 1.86. The van der Waals surface area contributed by atoms with E-state index in [9.17, 15) is 0 Å². The Bertz CT molecular complexity index is 726. The van der Waals surface area contributed by atoms with E-state index in [4.69, 9.17) is 11.6 Å². The number of hydrogen-bond donors (Lipinski definition) is 2. The number of aryl methyl sites for hydroxylation is 1. The van der Waals surface area contributed by atoms with Gasteiger partial charge in [-0.25, -0.2) is 4.68 Å². The molecule has 0 unspecified atom stereocenters. The quantitative estimate of drug-likeness (QED) is 0.770. The van der Waals surface area contributed by atoms with Gasteiger partial charge in [0.2, 0.25) is 5.95 Å². The second-order valence-corrected chi connectivity index (χ2v) is 4.84. The molecular formula is C12H14ClN7. The van der Waals surface area contributed by atoms with Crippen molar-refractivity contribution in [1.29, 1.82) is 0 Å². The third-order valence-electron chi connectivity index (χ3n) is 2.88. The van der Waals surface area contributed by atoms with E-state index in [0.717, 1.165) is 24.0 Å². The first-order valence-corrected chi connectivity index (χ1v) is 6.74. The van der Waals surface area contributed by atoms with Crippen molar-refractivity contribution in [3.05, 3.63) is 23.1 Å². The molecule has 0 aliphatic carbocycles. The molecule has 20 heavy (non-hydrogen) atoms. The van der Waals surface area contributed by atoms with Gasteiger partial charge in [-0.2, -0.15) is 20.2 Å². The molecule has 2 N–H and O–H groups in total. The summed E-state index contributed by atoms with van der Waals surface area (Å²) in [6.45, 7) is 4.74. The Morgan fingerprint density at radius 3 is 2.95 bits per heavy atom. The van der Waals surface area contributed by atoms with Crippen LogP contribution in [0.5, 0.6) is 0 Å². The number of hydrogen-bond acceptors (Lipinski definition) is 5. The van der Waals surface area contributed by atoms with Crippen LogP contribution in [-0.4, -0.2) is 36.5 Å². The molecule has 0 spiro atoms. The average Bonchev–Trinajstić information content (AvgIpc) is 3.03. The minimum atomic E-state index is 0.544. The van der Waals surface area contributed by atoms with Crippen LogP contribution in [0, 0.1) is 6.92 Å². The number of halogens is 1. The van der Waals surface area contributed by atoms with Crippen LogP contribution in [0.25, 0.3) is 16.9 Å². The zero-order valence-electron chi connectivity index (χ0n) is 11.2. The van der Waals surface area contributed by atoms with Crippen molar-refractivity contribution in [1.82, 2.24) is 29.9 Å². The van der Waals surface area contributed by atoms with Crippen LogP contribution in [0.1, 0.15) is 19.0 Å². The van der Waals surface area contributed by atoms with E-state index >= 15 is 0 Å². The molecule has 0 aliphatic heterocycles. The van der Waals surface area contributed by atoms with Crippen LogP contribution < -0.4 is 5.32 Å². The molecule has 8 heteroatoms. The lowest BCUT2D eigenvalue weighted by Gasteiger charge is -2.06. The Balaban J connectivity index is 2.14. The third kappa shape index (κ3) is 2.20. The molecule has 3 heterocycles. The molecule has 0 atom stereocenters. The fourth-order valence-corrected chi connectivity index (χ4v) is 1.99. The predicted molar refractivity (Wildman–Crippen MR) is 77.3 cm³/mol. The number of rotatable bonds is 4. The number of aromatic amines is 1. The molecule has 0 aromatic carbocycles. The standard InChI is InChI=1S/C12H14ClN7/c1-3-4-14-12-16-10-8(5-15-18-10)11(17-12)20-6-9(13)7(2)19-20/h5-6H,3-4H2,1-2H3,(H2,14,15,16,17,18). The Kier molecular flexibility index (Phi) is 3.27. The molecule has 0 radical (unpaired) electrons. The van der Waals surface area contributed by atoms with Crippen molar-refractivity contribution >= 4 is 28.6 Å². The zero-order valence-corrected chi connectivity index (χ0v) is 11.9. The molecule has 3 aromatic rings. The normalized spacial score (nSPS) is 11.2. The minimum absolute atomic E-state index is 0.544. The first-order valence-electron chi connectivity index (χ1n) is 6.36. The van der Waals surface area contributed by atoms with Gasteiger partial charge >= 0.3 is 0 Å². The van der Waals surface area contributed by atoms with Crippen molar-refractivity contribution in [3.8, 4) is 5.82 Å². The summed E-state index contributed by atoms with van der Waals surface area (Å²) >= 11 is 6.06. The summed E-state index contributed by atoms with van der Waals surface area (Å²) < 4.78 is 1.65. The second kappa shape index (κ2) is 5.09. The van der Waals surface area contributed by atoms with E-state index in [1.807, 2.05) is 6.92 Å². The van der Waals surface area contributed by atoms with Gasteiger partial charge in [0.05, 0.1) is 28.5 Å². The lowest BCUT2D eigenvalue weighted by molar-refractivity contribution is 0.834. The average molecular weight is 292 g/mol. The van der Waals surface area contributed by atoms with Gasteiger partial charge in [-0.3, -0.25) is 5.10 Å². The van der Waals surface area contributed by atoms with Crippen LogP contribution in [0.15, 0.2) is 12.4 Å². The summed E-state index contributed by atoms with van der Waals surface area (Å²) in [6.07, 6.45) is 4.40. The maximum absolute atomic E-state index is 6.06.